The Kier molecular flexibility index (Phi) is 50.6. The topological polar surface area (TPSA) is 78.9 Å². The fourth-order valence-corrected chi connectivity index (χ4v) is 6.84. The third-order valence-electron chi connectivity index (χ3n) is 10.8. The molecule has 6 heteroatoms. The summed E-state index contributed by atoms with van der Waals surface area (Å²) in [5, 5.41) is 0. The van der Waals surface area contributed by atoms with Crippen molar-refractivity contribution in [2.45, 2.75) is 219 Å². The van der Waals surface area contributed by atoms with Crippen LogP contribution in [0.5, 0.6) is 0 Å². The van der Waals surface area contributed by atoms with Crippen molar-refractivity contribution in [3.8, 4) is 0 Å². The monoisotopic (exact) mass is 925 g/mol. The van der Waals surface area contributed by atoms with Gasteiger partial charge in [-0.15, -0.1) is 0 Å². The SMILES string of the molecule is CC\C=C/C=C\C=C/C=C\C=C/CCCCCC(=O)OC(COC(=O)CC/C=C\C/C=C\C/C=C\C/C=C\C/C=C\C/C=C\CC)COC(=O)CCCCCCCCCCCCCCCCC. The molecule has 0 aliphatic heterocycles. The lowest BCUT2D eigenvalue weighted by atomic mass is 10.0. The molecule has 0 aromatic heterocycles. The molecule has 67 heavy (non-hydrogen) atoms. The molecule has 0 spiro atoms. The maximum Gasteiger partial charge on any atom is 0.306 e. The van der Waals surface area contributed by atoms with Crippen molar-refractivity contribution < 1.29 is 28.6 Å². The van der Waals surface area contributed by atoms with E-state index in [1.54, 1.807) is 0 Å². The Morgan fingerprint density at radius 2 is 0.687 bits per heavy atom. The Morgan fingerprint density at radius 1 is 0.328 bits per heavy atom. The summed E-state index contributed by atoms with van der Waals surface area (Å²) in [7, 11) is 0. The summed E-state index contributed by atoms with van der Waals surface area (Å²) in [6.07, 6.45) is 75.9. The highest BCUT2D eigenvalue weighted by molar-refractivity contribution is 5.71. The van der Waals surface area contributed by atoms with E-state index in [2.05, 4.69) is 93.7 Å². The predicted octanol–water partition coefficient (Wildman–Crippen LogP) is 17.9. The Bertz CT molecular complexity index is 1480. The lowest BCUT2D eigenvalue weighted by Gasteiger charge is -2.18. The van der Waals surface area contributed by atoms with Crippen LogP contribution in [0.15, 0.2) is 134 Å². The summed E-state index contributed by atoms with van der Waals surface area (Å²) in [6, 6.07) is 0. The summed E-state index contributed by atoms with van der Waals surface area (Å²) in [5.41, 5.74) is 0. The molecule has 0 rings (SSSR count). The average molecular weight is 925 g/mol. The van der Waals surface area contributed by atoms with Gasteiger partial charge in [-0.05, 0) is 77.0 Å². The number of carbonyl (C=O) groups excluding carboxylic acids is 3. The summed E-state index contributed by atoms with van der Waals surface area (Å²) < 4.78 is 16.7. The molecule has 0 amide bonds. The first kappa shape index (κ1) is 62.5. The highest BCUT2D eigenvalue weighted by Crippen LogP contribution is 2.14. The number of hydrogen-bond donors (Lipinski definition) is 0. The molecular formula is C61H96O6. The van der Waals surface area contributed by atoms with Crippen molar-refractivity contribution in [1.29, 1.82) is 0 Å². The van der Waals surface area contributed by atoms with Crippen molar-refractivity contribution in [3.63, 3.8) is 0 Å². The highest BCUT2D eigenvalue weighted by Gasteiger charge is 2.19. The lowest BCUT2D eigenvalue weighted by Crippen LogP contribution is -2.30. The van der Waals surface area contributed by atoms with Crippen LogP contribution in [-0.2, 0) is 28.6 Å². The van der Waals surface area contributed by atoms with E-state index in [1.165, 1.54) is 77.0 Å². The first-order valence-corrected chi connectivity index (χ1v) is 26.8. The van der Waals surface area contributed by atoms with E-state index in [4.69, 9.17) is 14.2 Å². The van der Waals surface area contributed by atoms with E-state index in [0.717, 1.165) is 83.5 Å². The molecule has 0 fully saturated rings. The minimum Gasteiger partial charge on any atom is -0.462 e. The number of allylic oxidation sites excluding steroid dienone is 22. The largest absolute Gasteiger partial charge is 0.462 e. The first-order chi connectivity index (χ1) is 33.0. The molecule has 1 unspecified atom stereocenters. The van der Waals surface area contributed by atoms with Crippen LogP contribution in [0.25, 0.3) is 0 Å². The van der Waals surface area contributed by atoms with Crippen molar-refractivity contribution in [2.24, 2.45) is 0 Å². The van der Waals surface area contributed by atoms with Crippen LogP contribution in [0.1, 0.15) is 213 Å². The molecule has 6 nitrogen and oxygen atoms in total. The molecule has 0 aromatic carbocycles. The fourth-order valence-electron chi connectivity index (χ4n) is 6.84. The molecule has 0 saturated heterocycles. The third kappa shape index (κ3) is 52.4. The molecule has 0 N–H and O–H groups in total. The normalized spacial score (nSPS) is 13.2. The summed E-state index contributed by atoms with van der Waals surface area (Å²) in [4.78, 5) is 38.0. The predicted molar refractivity (Wildman–Crippen MR) is 288 cm³/mol. The quantitative estimate of drug-likeness (QED) is 0.0199. The number of esters is 3. The molecule has 376 valence electrons. The summed E-state index contributed by atoms with van der Waals surface area (Å²) in [5.74, 6) is -1.06. The van der Waals surface area contributed by atoms with Crippen LogP contribution >= 0.6 is 0 Å². The Balaban J connectivity index is 4.58. The van der Waals surface area contributed by atoms with Crippen LogP contribution in [0.4, 0.5) is 0 Å². The second-order valence-corrected chi connectivity index (χ2v) is 17.2. The van der Waals surface area contributed by atoms with Crippen molar-refractivity contribution in [2.75, 3.05) is 13.2 Å². The fraction of sp³-hybridized carbons (Fsp3) is 0.590. The van der Waals surface area contributed by atoms with Gasteiger partial charge in [0.05, 0.1) is 0 Å². The molecule has 0 radical (unpaired) electrons. The van der Waals surface area contributed by atoms with Crippen LogP contribution in [0.3, 0.4) is 0 Å². The van der Waals surface area contributed by atoms with Gasteiger partial charge in [-0.2, -0.15) is 0 Å². The standard InChI is InChI=1S/C61H96O6/c1-4-7-10-13-16-19-22-25-28-29-30-31-34-36-39-42-45-48-51-54-60(63)66-57-58(67-61(64)55-52-49-46-43-40-37-33-27-24-21-18-15-12-9-6-3)56-65-59(62)53-50-47-44-41-38-35-32-26-23-20-17-14-11-8-5-2/h7,9-10,12,15-16,18-19,21,24-25,27-28,30-31,33,36-37,39-40,45,48,58H,4-6,8,11,13-14,17,20,22-23,26,29,32,34-35,38,41-44,46-47,49-57H2,1-3H3/b10-7-,12-9-,18-15-,19-16-,24-21-,28-25-,31-30-,33-27-,39-36-,40-37-,48-45-. The van der Waals surface area contributed by atoms with E-state index in [-0.39, 0.29) is 44.0 Å². The second-order valence-electron chi connectivity index (χ2n) is 17.2. The van der Waals surface area contributed by atoms with Crippen molar-refractivity contribution in [3.05, 3.63) is 134 Å². The second kappa shape index (κ2) is 54.2. The van der Waals surface area contributed by atoms with E-state index >= 15 is 0 Å². The van der Waals surface area contributed by atoms with Gasteiger partial charge in [-0.3, -0.25) is 14.4 Å². The van der Waals surface area contributed by atoms with Crippen molar-refractivity contribution in [1.82, 2.24) is 0 Å². The molecule has 0 aliphatic rings. The van der Waals surface area contributed by atoms with E-state index < -0.39 is 6.10 Å². The van der Waals surface area contributed by atoms with Gasteiger partial charge >= 0.3 is 17.9 Å². The molecule has 0 aromatic rings. The summed E-state index contributed by atoms with van der Waals surface area (Å²) in [6.45, 7) is 6.27. The number of ether oxygens (including phenoxy) is 3. The molecule has 1 atom stereocenters. The van der Waals surface area contributed by atoms with E-state index in [9.17, 15) is 14.4 Å². The number of carbonyl (C=O) groups is 3. The van der Waals surface area contributed by atoms with Crippen LogP contribution in [-0.4, -0.2) is 37.2 Å². The van der Waals surface area contributed by atoms with Crippen LogP contribution < -0.4 is 0 Å². The maximum atomic E-state index is 12.8. The van der Waals surface area contributed by atoms with Gasteiger partial charge in [0.25, 0.3) is 0 Å². The Hall–Kier alpha value is -4.45. The highest BCUT2D eigenvalue weighted by atomic mass is 16.6. The van der Waals surface area contributed by atoms with Gasteiger partial charge in [0.15, 0.2) is 6.10 Å². The van der Waals surface area contributed by atoms with Crippen molar-refractivity contribution >= 4 is 17.9 Å². The van der Waals surface area contributed by atoms with Gasteiger partial charge in [0.2, 0.25) is 0 Å². The zero-order valence-corrected chi connectivity index (χ0v) is 42.9. The Morgan fingerprint density at radius 3 is 1.15 bits per heavy atom. The zero-order chi connectivity index (χ0) is 48.6. The van der Waals surface area contributed by atoms with E-state index in [0.29, 0.717) is 19.3 Å². The van der Waals surface area contributed by atoms with Gasteiger partial charge in [-0.25, -0.2) is 0 Å². The zero-order valence-electron chi connectivity index (χ0n) is 42.9. The van der Waals surface area contributed by atoms with Gasteiger partial charge in [-0.1, -0.05) is 251 Å². The van der Waals surface area contributed by atoms with Crippen LogP contribution in [0, 0.1) is 0 Å². The lowest BCUT2D eigenvalue weighted by molar-refractivity contribution is -0.166. The maximum absolute atomic E-state index is 12.8. The van der Waals surface area contributed by atoms with Gasteiger partial charge in [0.1, 0.15) is 13.2 Å². The molecule has 0 saturated carbocycles. The summed E-state index contributed by atoms with van der Waals surface area (Å²) >= 11 is 0. The minimum absolute atomic E-state index is 0.122. The Labute approximate surface area is 411 Å². The number of unbranched alkanes of at least 4 members (excludes halogenated alkanes) is 17. The molecule has 0 aliphatic carbocycles. The van der Waals surface area contributed by atoms with Crippen LogP contribution in [0.2, 0.25) is 0 Å². The number of hydrogen-bond acceptors (Lipinski definition) is 6. The third-order valence-corrected chi connectivity index (χ3v) is 10.8. The molecule has 0 heterocycles. The first-order valence-electron chi connectivity index (χ1n) is 26.8. The average Bonchev–Trinajstić information content (AvgIpc) is 3.33. The smallest absolute Gasteiger partial charge is 0.306 e. The number of rotatable bonds is 46. The molecular weight excluding hydrogens is 829 g/mol. The van der Waals surface area contributed by atoms with Gasteiger partial charge in [0, 0.05) is 19.3 Å². The molecule has 0 bridgehead atoms. The van der Waals surface area contributed by atoms with E-state index in [1.807, 2.05) is 60.8 Å². The minimum atomic E-state index is -0.834. The van der Waals surface area contributed by atoms with Gasteiger partial charge < -0.3 is 14.2 Å².